The molecule has 0 aliphatic carbocycles. The minimum Gasteiger partial charge on any atom is -0.493 e. The molecule has 0 bridgehead atoms. The van der Waals surface area contributed by atoms with Gasteiger partial charge in [0.25, 0.3) is 0 Å². The average molecular weight is 465 g/mol. The van der Waals surface area contributed by atoms with E-state index in [0.717, 1.165) is 11.1 Å². The van der Waals surface area contributed by atoms with Gasteiger partial charge in [0.2, 0.25) is 11.8 Å². The van der Waals surface area contributed by atoms with Crippen LogP contribution in [0.1, 0.15) is 11.1 Å². The average Bonchev–Trinajstić information content (AvgIpc) is 2.83. The van der Waals surface area contributed by atoms with Crippen molar-refractivity contribution in [2.45, 2.75) is 12.8 Å². The highest BCUT2D eigenvalue weighted by atomic mass is 16.5. The number of methoxy groups -OCH3 is 4. The number of amides is 2. The van der Waals surface area contributed by atoms with E-state index in [4.69, 9.17) is 18.9 Å². The van der Waals surface area contributed by atoms with Crippen molar-refractivity contribution in [3.63, 3.8) is 0 Å². The van der Waals surface area contributed by atoms with Gasteiger partial charge in [0.15, 0.2) is 23.0 Å². The Morgan fingerprint density at radius 1 is 0.588 bits per heavy atom. The maximum Gasteiger partial charge on any atom is 0.228 e. The second-order valence-electron chi connectivity index (χ2n) is 7.41. The van der Waals surface area contributed by atoms with Crippen molar-refractivity contribution in [3.8, 4) is 23.0 Å². The third kappa shape index (κ3) is 6.41. The highest BCUT2D eigenvalue weighted by Crippen LogP contribution is 2.29. The first-order chi connectivity index (χ1) is 16.4. The third-order valence-corrected chi connectivity index (χ3v) is 5.06. The zero-order valence-corrected chi connectivity index (χ0v) is 19.6. The molecule has 3 aromatic carbocycles. The van der Waals surface area contributed by atoms with Crippen LogP contribution >= 0.6 is 0 Å². The van der Waals surface area contributed by atoms with Crippen LogP contribution in [0.15, 0.2) is 60.7 Å². The van der Waals surface area contributed by atoms with E-state index in [1.54, 1.807) is 77.0 Å². The molecule has 0 saturated carbocycles. The molecule has 8 nitrogen and oxygen atoms in total. The van der Waals surface area contributed by atoms with Crippen molar-refractivity contribution in [3.05, 3.63) is 71.8 Å². The molecule has 34 heavy (non-hydrogen) atoms. The molecule has 0 aliphatic rings. The number of nitrogens with one attached hydrogen (secondary N) is 2. The lowest BCUT2D eigenvalue weighted by atomic mass is 10.1. The number of benzene rings is 3. The lowest BCUT2D eigenvalue weighted by Crippen LogP contribution is -2.16. The van der Waals surface area contributed by atoms with Gasteiger partial charge in [-0.1, -0.05) is 18.2 Å². The summed E-state index contributed by atoms with van der Waals surface area (Å²) < 4.78 is 21.0. The topological polar surface area (TPSA) is 95.1 Å². The van der Waals surface area contributed by atoms with E-state index in [0.29, 0.717) is 34.4 Å². The summed E-state index contributed by atoms with van der Waals surface area (Å²) in [5.74, 6) is 1.94. The number of hydrogen-bond acceptors (Lipinski definition) is 6. The van der Waals surface area contributed by atoms with Gasteiger partial charge in [-0.2, -0.15) is 0 Å². The van der Waals surface area contributed by atoms with Crippen LogP contribution in [0.4, 0.5) is 11.4 Å². The molecule has 0 aliphatic heterocycles. The third-order valence-electron chi connectivity index (χ3n) is 5.06. The van der Waals surface area contributed by atoms with Gasteiger partial charge in [-0.15, -0.1) is 0 Å². The lowest BCUT2D eigenvalue weighted by molar-refractivity contribution is -0.116. The molecule has 0 unspecified atom stereocenters. The molecule has 0 aromatic heterocycles. The van der Waals surface area contributed by atoms with E-state index < -0.39 is 0 Å². The molecule has 0 saturated heterocycles. The van der Waals surface area contributed by atoms with Gasteiger partial charge in [-0.3, -0.25) is 9.59 Å². The molecule has 0 heterocycles. The minimum atomic E-state index is -0.193. The molecule has 2 N–H and O–H groups in total. The van der Waals surface area contributed by atoms with Crippen molar-refractivity contribution < 1.29 is 28.5 Å². The van der Waals surface area contributed by atoms with Crippen molar-refractivity contribution >= 4 is 23.2 Å². The Morgan fingerprint density at radius 3 is 1.38 bits per heavy atom. The molecule has 178 valence electrons. The summed E-state index contributed by atoms with van der Waals surface area (Å²) in [6, 6.07) is 17.7. The first kappa shape index (κ1) is 24.4. The normalized spacial score (nSPS) is 10.2. The number of rotatable bonds is 10. The zero-order chi connectivity index (χ0) is 24.5. The Kier molecular flexibility index (Phi) is 8.34. The summed E-state index contributed by atoms with van der Waals surface area (Å²) >= 11 is 0. The smallest absolute Gasteiger partial charge is 0.228 e. The van der Waals surface area contributed by atoms with Crippen LogP contribution in [-0.2, 0) is 22.4 Å². The SMILES string of the molecule is COc1ccc(CC(=O)Nc2cccc(NC(=O)Cc3ccc(OC)c(OC)c3)c2)cc1OC. The van der Waals surface area contributed by atoms with E-state index in [2.05, 4.69) is 10.6 Å². The van der Waals surface area contributed by atoms with Crippen LogP contribution in [-0.4, -0.2) is 40.3 Å². The van der Waals surface area contributed by atoms with Gasteiger partial charge >= 0.3 is 0 Å². The second-order valence-corrected chi connectivity index (χ2v) is 7.41. The van der Waals surface area contributed by atoms with Crippen LogP contribution in [0.25, 0.3) is 0 Å². The van der Waals surface area contributed by atoms with E-state index >= 15 is 0 Å². The summed E-state index contributed by atoms with van der Waals surface area (Å²) in [5, 5.41) is 5.71. The zero-order valence-electron chi connectivity index (χ0n) is 19.6. The predicted octanol–water partition coefficient (Wildman–Crippen LogP) is 4.08. The summed E-state index contributed by atoms with van der Waals surface area (Å²) in [4.78, 5) is 25.1. The Labute approximate surface area is 198 Å². The molecule has 0 radical (unpaired) electrons. The Morgan fingerprint density at radius 2 is 1.00 bits per heavy atom. The molecule has 0 atom stereocenters. The second kappa shape index (κ2) is 11.6. The molecule has 8 heteroatoms. The maximum absolute atomic E-state index is 12.5. The highest BCUT2D eigenvalue weighted by molar-refractivity contribution is 5.95. The summed E-state index contributed by atoms with van der Waals surface area (Å²) in [6.07, 6.45) is 0.326. The van der Waals surface area contributed by atoms with Gasteiger partial charge < -0.3 is 29.6 Å². The van der Waals surface area contributed by atoms with E-state index in [9.17, 15) is 9.59 Å². The van der Waals surface area contributed by atoms with Crippen LogP contribution in [0.5, 0.6) is 23.0 Å². The first-order valence-electron chi connectivity index (χ1n) is 10.6. The molecule has 2 amide bonds. The van der Waals surface area contributed by atoms with Crippen LogP contribution in [0.3, 0.4) is 0 Å². The molecule has 3 aromatic rings. The fourth-order valence-corrected chi connectivity index (χ4v) is 3.44. The predicted molar refractivity (Wildman–Crippen MR) is 130 cm³/mol. The molecule has 0 spiro atoms. The van der Waals surface area contributed by atoms with Crippen LogP contribution in [0, 0.1) is 0 Å². The molecular formula is C26H28N2O6. The molecule has 0 fully saturated rings. The number of ether oxygens (including phenoxy) is 4. The molecule has 3 rings (SSSR count). The van der Waals surface area contributed by atoms with Crippen molar-refractivity contribution in [2.75, 3.05) is 39.1 Å². The summed E-state index contributed by atoms with van der Waals surface area (Å²) in [5.41, 5.74) is 2.73. The Bertz CT molecular complexity index is 1080. The number of carbonyl (C=O) groups excluding carboxylic acids is 2. The van der Waals surface area contributed by atoms with Gasteiger partial charge in [0, 0.05) is 11.4 Å². The first-order valence-corrected chi connectivity index (χ1v) is 10.6. The summed E-state index contributed by atoms with van der Waals surface area (Å²) in [6.45, 7) is 0. The Balaban J connectivity index is 1.60. The minimum absolute atomic E-state index is 0.163. The largest absolute Gasteiger partial charge is 0.493 e. The number of anilines is 2. The standard InChI is InChI=1S/C26H28N2O6/c1-31-21-10-8-17(12-23(21)33-3)14-25(29)27-19-6-5-7-20(16-19)28-26(30)15-18-9-11-22(32-2)24(13-18)34-4/h5-13,16H,14-15H2,1-4H3,(H,27,29)(H,28,30). The summed E-state index contributed by atoms with van der Waals surface area (Å²) in [7, 11) is 6.22. The molecular weight excluding hydrogens is 436 g/mol. The van der Waals surface area contributed by atoms with Gasteiger partial charge in [0.05, 0.1) is 41.3 Å². The highest BCUT2D eigenvalue weighted by Gasteiger charge is 2.11. The fraction of sp³-hybridized carbons (Fsp3) is 0.231. The lowest BCUT2D eigenvalue weighted by Gasteiger charge is -2.11. The number of carbonyl (C=O) groups is 2. The van der Waals surface area contributed by atoms with Gasteiger partial charge in [-0.05, 0) is 53.6 Å². The quantitative estimate of drug-likeness (QED) is 0.469. The van der Waals surface area contributed by atoms with E-state index in [1.165, 1.54) is 0 Å². The fourth-order valence-electron chi connectivity index (χ4n) is 3.44. The maximum atomic E-state index is 12.5. The monoisotopic (exact) mass is 464 g/mol. The van der Waals surface area contributed by atoms with Crippen LogP contribution in [0.2, 0.25) is 0 Å². The van der Waals surface area contributed by atoms with Gasteiger partial charge in [-0.25, -0.2) is 0 Å². The Hall–Kier alpha value is -4.20. The van der Waals surface area contributed by atoms with Crippen LogP contribution < -0.4 is 29.6 Å². The van der Waals surface area contributed by atoms with E-state index in [1.807, 2.05) is 12.1 Å². The van der Waals surface area contributed by atoms with Crippen molar-refractivity contribution in [2.24, 2.45) is 0 Å². The van der Waals surface area contributed by atoms with E-state index in [-0.39, 0.29) is 24.7 Å². The van der Waals surface area contributed by atoms with Crippen molar-refractivity contribution in [1.82, 2.24) is 0 Å². The van der Waals surface area contributed by atoms with Crippen molar-refractivity contribution in [1.29, 1.82) is 0 Å². The van der Waals surface area contributed by atoms with Gasteiger partial charge in [0.1, 0.15) is 0 Å². The number of hydrogen-bond donors (Lipinski definition) is 2.